The number of nitrogens with two attached hydrogens (primary N) is 1. The minimum absolute atomic E-state index is 0.0577. The Kier molecular flexibility index (Phi) is 4.22. The number of halogens is 2. The van der Waals surface area contributed by atoms with Gasteiger partial charge in [0.15, 0.2) is 0 Å². The molecule has 21 heavy (non-hydrogen) atoms. The number of aromatic nitrogens is 2. The van der Waals surface area contributed by atoms with E-state index in [4.69, 9.17) is 21.9 Å². The van der Waals surface area contributed by atoms with E-state index in [1.165, 1.54) is 12.1 Å². The lowest BCUT2D eigenvalue weighted by atomic mass is 9.82. The standard InChI is InChI=1S/C15H17ClFN3O/c16-12-7-11(5-6-13(12)17)14-19-15(21-20-14)10-3-1-9(8-18)2-4-10/h5-7,9-10H,1-4,8,18H2. The molecular weight excluding hydrogens is 293 g/mol. The van der Waals surface area contributed by atoms with Crippen molar-refractivity contribution < 1.29 is 8.91 Å². The van der Waals surface area contributed by atoms with Gasteiger partial charge in [0.05, 0.1) is 5.02 Å². The number of rotatable bonds is 3. The van der Waals surface area contributed by atoms with E-state index in [9.17, 15) is 4.39 Å². The molecule has 0 saturated heterocycles. The summed E-state index contributed by atoms with van der Waals surface area (Å²) in [6.45, 7) is 0.746. The molecule has 4 nitrogen and oxygen atoms in total. The first-order chi connectivity index (χ1) is 10.2. The molecule has 0 radical (unpaired) electrons. The molecule has 0 amide bonds. The highest BCUT2D eigenvalue weighted by Crippen LogP contribution is 2.35. The Bertz CT molecular complexity index is 623. The zero-order valence-electron chi connectivity index (χ0n) is 11.6. The highest BCUT2D eigenvalue weighted by molar-refractivity contribution is 6.31. The van der Waals surface area contributed by atoms with Crippen molar-refractivity contribution in [2.45, 2.75) is 31.6 Å². The molecule has 0 spiro atoms. The normalized spacial score (nSPS) is 22.4. The minimum atomic E-state index is -0.454. The van der Waals surface area contributed by atoms with Crippen LogP contribution in [0.3, 0.4) is 0 Å². The van der Waals surface area contributed by atoms with Gasteiger partial charge in [-0.2, -0.15) is 4.98 Å². The topological polar surface area (TPSA) is 64.9 Å². The van der Waals surface area contributed by atoms with Crippen molar-refractivity contribution in [2.75, 3.05) is 6.54 Å². The zero-order valence-corrected chi connectivity index (χ0v) is 12.3. The van der Waals surface area contributed by atoms with E-state index < -0.39 is 5.82 Å². The molecule has 0 bridgehead atoms. The van der Waals surface area contributed by atoms with Crippen LogP contribution in [-0.2, 0) is 0 Å². The van der Waals surface area contributed by atoms with Gasteiger partial charge in [-0.1, -0.05) is 16.8 Å². The summed E-state index contributed by atoms with van der Waals surface area (Å²) in [5, 5.41) is 4.04. The quantitative estimate of drug-likeness (QED) is 0.937. The minimum Gasteiger partial charge on any atom is -0.339 e. The lowest BCUT2D eigenvalue weighted by Crippen LogP contribution is -2.20. The maximum atomic E-state index is 13.2. The van der Waals surface area contributed by atoms with Crippen LogP contribution in [0.5, 0.6) is 0 Å². The fourth-order valence-electron chi connectivity index (χ4n) is 2.80. The maximum Gasteiger partial charge on any atom is 0.230 e. The summed E-state index contributed by atoms with van der Waals surface area (Å²) in [6.07, 6.45) is 4.24. The molecule has 112 valence electrons. The lowest BCUT2D eigenvalue weighted by molar-refractivity contribution is 0.275. The predicted octanol–water partition coefficient (Wildman–Crippen LogP) is 3.76. The first-order valence-electron chi connectivity index (χ1n) is 7.16. The van der Waals surface area contributed by atoms with E-state index in [1.807, 2.05) is 0 Å². The van der Waals surface area contributed by atoms with Gasteiger partial charge in [-0.3, -0.25) is 0 Å². The summed E-state index contributed by atoms with van der Waals surface area (Å²) in [6, 6.07) is 4.41. The Morgan fingerprint density at radius 3 is 2.71 bits per heavy atom. The van der Waals surface area contributed by atoms with Crippen LogP contribution in [-0.4, -0.2) is 16.7 Å². The average molecular weight is 310 g/mol. The van der Waals surface area contributed by atoms with Crippen molar-refractivity contribution in [3.05, 3.63) is 34.9 Å². The van der Waals surface area contributed by atoms with E-state index in [0.29, 0.717) is 29.1 Å². The van der Waals surface area contributed by atoms with Crippen molar-refractivity contribution in [2.24, 2.45) is 11.7 Å². The summed E-state index contributed by atoms with van der Waals surface area (Å²) < 4.78 is 18.5. The monoisotopic (exact) mass is 309 g/mol. The van der Waals surface area contributed by atoms with E-state index in [0.717, 1.165) is 32.2 Å². The molecule has 1 aliphatic rings. The SMILES string of the molecule is NCC1CCC(c2nc(-c3ccc(F)c(Cl)c3)no2)CC1. The van der Waals surface area contributed by atoms with Crippen molar-refractivity contribution in [1.82, 2.24) is 10.1 Å². The molecule has 6 heteroatoms. The lowest BCUT2D eigenvalue weighted by Gasteiger charge is -2.24. The fourth-order valence-corrected chi connectivity index (χ4v) is 2.98. The van der Waals surface area contributed by atoms with Crippen LogP contribution in [0.4, 0.5) is 4.39 Å². The van der Waals surface area contributed by atoms with Crippen LogP contribution in [0.15, 0.2) is 22.7 Å². The van der Waals surface area contributed by atoms with Crippen molar-refractivity contribution in [3.63, 3.8) is 0 Å². The van der Waals surface area contributed by atoms with Crippen LogP contribution < -0.4 is 5.73 Å². The first-order valence-corrected chi connectivity index (χ1v) is 7.54. The van der Waals surface area contributed by atoms with E-state index in [1.54, 1.807) is 6.07 Å². The Morgan fingerprint density at radius 1 is 1.29 bits per heavy atom. The van der Waals surface area contributed by atoms with Gasteiger partial charge in [0.1, 0.15) is 5.82 Å². The van der Waals surface area contributed by atoms with Gasteiger partial charge in [0.2, 0.25) is 11.7 Å². The molecule has 0 aliphatic heterocycles. The van der Waals surface area contributed by atoms with Gasteiger partial charge in [0.25, 0.3) is 0 Å². The number of hydrogen-bond donors (Lipinski definition) is 1. The molecule has 0 atom stereocenters. The van der Waals surface area contributed by atoms with Gasteiger partial charge in [-0.25, -0.2) is 4.39 Å². The molecule has 2 aromatic rings. The van der Waals surface area contributed by atoms with Crippen molar-refractivity contribution in [3.8, 4) is 11.4 Å². The zero-order chi connectivity index (χ0) is 14.8. The third kappa shape index (κ3) is 3.09. The Balaban J connectivity index is 1.76. The summed E-state index contributed by atoms with van der Waals surface area (Å²) in [4.78, 5) is 4.44. The van der Waals surface area contributed by atoms with Crippen LogP contribution in [0.1, 0.15) is 37.5 Å². The van der Waals surface area contributed by atoms with Gasteiger partial charge in [-0.05, 0) is 56.3 Å². The van der Waals surface area contributed by atoms with Crippen molar-refractivity contribution in [1.29, 1.82) is 0 Å². The molecular formula is C15H17ClFN3O. The first kappa shape index (κ1) is 14.5. The Hall–Kier alpha value is -1.46. The fraction of sp³-hybridized carbons (Fsp3) is 0.467. The predicted molar refractivity (Wildman–Crippen MR) is 78.5 cm³/mol. The van der Waals surface area contributed by atoms with Crippen LogP contribution in [0.25, 0.3) is 11.4 Å². The molecule has 1 heterocycles. The molecule has 0 unspecified atom stereocenters. The number of hydrogen-bond acceptors (Lipinski definition) is 4. The van der Waals surface area contributed by atoms with E-state index >= 15 is 0 Å². The molecule has 2 N–H and O–H groups in total. The van der Waals surface area contributed by atoms with Crippen LogP contribution >= 0.6 is 11.6 Å². The molecule has 3 rings (SSSR count). The van der Waals surface area contributed by atoms with E-state index in [-0.39, 0.29) is 5.02 Å². The Morgan fingerprint density at radius 2 is 2.05 bits per heavy atom. The molecule has 1 saturated carbocycles. The van der Waals surface area contributed by atoms with Crippen LogP contribution in [0.2, 0.25) is 5.02 Å². The second-order valence-corrected chi connectivity index (χ2v) is 5.95. The number of nitrogens with zero attached hydrogens (tertiary/aromatic N) is 2. The second kappa shape index (κ2) is 6.12. The Labute approximate surface area is 127 Å². The molecule has 1 aromatic heterocycles. The second-order valence-electron chi connectivity index (χ2n) is 5.54. The maximum absolute atomic E-state index is 13.2. The van der Waals surface area contributed by atoms with Crippen molar-refractivity contribution >= 4 is 11.6 Å². The van der Waals surface area contributed by atoms with Gasteiger partial charge in [-0.15, -0.1) is 0 Å². The average Bonchev–Trinajstić information content (AvgIpc) is 3.00. The third-order valence-electron chi connectivity index (χ3n) is 4.15. The van der Waals surface area contributed by atoms with Crippen LogP contribution in [0, 0.1) is 11.7 Å². The van der Waals surface area contributed by atoms with Gasteiger partial charge < -0.3 is 10.3 Å². The van der Waals surface area contributed by atoms with Gasteiger partial charge in [0, 0.05) is 11.5 Å². The summed E-state index contributed by atoms with van der Waals surface area (Å²) in [5.74, 6) is 1.56. The highest BCUT2D eigenvalue weighted by atomic mass is 35.5. The summed E-state index contributed by atoms with van der Waals surface area (Å²) in [5.41, 5.74) is 6.36. The molecule has 1 aromatic carbocycles. The van der Waals surface area contributed by atoms with E-state index in [2.05, 4.69) is 10.1 Å². The summed E-state index contributed by atoms with van der Waals surface area (Å²) >= 11 is 5.78. The largest absolute Gasteiger partial charge is 0.339 e. The summed E-state index contributed by atoms with van der Waals surface area (Å²) in [7, 11) is 0. The smallest absolute Gasteiger partial charge is 0.230 e. The highest BCUT2D eigenvalue weighted by Gasteiger charge is 2.26. The van der Waals surface area contributed by atoms with Gasteiger partial charge >= 0.3 is 0 Å². The third-order valence-corrected chi connectivity index (χ3v) is 4.44. The molecule has 1 aliphatic carbocycles. The molecule has 1 fully saturated rings. The number of benzene rings is 1.